The number of ether oxygens (including phenoxy) is 2. The molecule has 0 spiro atoms. The normalized spacial score (nSPS) is 19.3. The van der Waals surface area contributed by atoms with E-state index < -0.39 is 24.2 Å². The van der Waals surface area contributed by atoms with Crippen molar-refractivity contribution in [3.05, 3.63) is 35.9 Å². The van der Waals surface area contributed by atoms with Crippen LogP contribution in [0.25, 0.3) is 0 Å². The summed E-state index contributed by atoms with van der Waals surface area (Å²) in [6, 6.07) is 8.99. The third-order valence-electron chi connectivity index (χ3n) is 9.95. The number of hydrogen-bond acceptors (Lipinski definition) is 7. The zero-order chi connectivity index (χ0) is 36.1. The molecule has 2 rings (SSSR count). The van der Waals surface area contributed by atoms with E-state index in [0.29, 0.717) is 6.54 Å². The van der Waals surface area contributed by atoms with E-state index in [0.717, 1.165) is 31.2 Å². The molecule has 1 aromatic carbocycles. The molecule has 4 amide bonds. The van der Waals surface area contributed by atoms with Crippen molar-refractivity contribution in [2.75, 3.05) is 48.5 Å². The Kier molecular flexibility index (Phi) is 17.0. The highest BCUT2D eigenvalue weighted by molar-refractivity contribution is 5.87. The minimum atomic E-state index is -0.566. The van der Waals surface area contributed by atoms with Gasteiger partial charge in [0.05, 0.1) is 49.2 Å². The molecule has 1 heterocycles. The van der Waals surface area contributed by atoms with E-state index in [4.69, 9.17) is 9.47 Å². The van der Waals surface area contributed by atoms with Crippen LogP contribution in [0.4, 0.5) is 0 Å². The molecule has 0 aromatic heterocycles. The van der Waals surface area contributed by atoms with E-state index >= 15 is 0 Å². The molecule has 0 aliphatic carbocycles. The third kappa shape index (κ3) is 11.3. The van der Waals surface area contributed by atoms with Crippen molar-refractivity contribution in [2.45, 2.75) is 110 Å². The maximum Gasteiger partial charge on any atom is 0.242 e. The monoisotopic (exact) mass is 673 g/mol. The van der Waals surface area contributed by atoms with Crippen molar-refractivity contribution < 1.29 is 28.7 Å². The van der Waals surface area contributed by atoms with Crippen LogP contribution >= 0.6 is 0 Å². The molecule has 1 saturated heterocycles. The van der Waals surface area contributed by atoms with Crippen LogP contribution < -0.4 is 10.6 Å². The van der Waals surface area contributed by atoms with Crippen LogP contribution in [0.2, 0.25) is 0 Å². The summed E-state index contributed by atoms with van der Waals surface area (Å²) in [4.78, 5) is 58.9. The number of carbonyl (C=O) groups excluding carboxylic acids is 4. The molecule has 272 valence electrons. The lowest BCUT2D eigenvalue weighted by Gasteiger charge is -2.39. The number of rotatable bonds is 19. The van der Waals surface area contributed by atoms with Crippen molar-refractivity contribution in [2.24, 2.45) is 17.8 Å². The minimum Gasteiger partial charge on any atom is -0.379 e. The van der Waals surface area contributed by atoms with Gasteiger partial charge < -0.3 is 29.9 Å². The summed E-state index contributed by atoms with van der Waals surface area (Å²) in [5.41, 5.74) is 1.15. The van der Waals surface area contributed by atoms with Crippen LogP contribution in [0, 0.1) is 17.8 Å². The first kappa shape index (κ1) is 41.2. The van der Waals surface area contributed by atoms with E-state index in [9.17, 15) is 19.2 Å². The molecule has 0 saturated carbocycles. The molecular formula is C37H63N5O6. The fourth-order valence-electron chi connectivity index (χ4n) is 7.24. The number of benzene rings is 1. The minimum absolute atomic E-state index is 0.0280. The highest BCUT2D eigenvalue weighted by Crippen LogP contribution is 2.29. The smallest absolute Gasteiger partial charge is 0.242 e. The van der Waals surface area contributed by atoms with Crippen LogP contribution in [0.15, 0.2) is 30.3 Å². The molecule has 0 bridgehead atoms. The molecule has 1 aliphatic heterocycles. The second-order valence-electron chi connectivity index (χ2n) is 14.1. The lowest BCUT2D eigenvalue weighted by molar-refractivity contribution is -0.146. The average Bonchev–Trinajstić information content (AvgIpc) is 3.53. The van der Waals surface area contributed by atoms with Gasteiger partial charge >= 0.3 is 0 Å². The Balaban J connectivity index is 2.13. The number of nitrogens with one attached hydrogen (secondary N) is 2. The zero-order valence-electron chi connectivity index (χ0n) is 31.3. The first-order chi connectivity index (χ1) is 22.7. The summed E-state index contributed by atoms with van der Waals surface area (Å²) < 4.78 is 11.9. The lowest BCUT2D eigenvalue weighted by Crippen LogP contribution is -2.55. The Hall–Kier alpha value is -3.02. The predicted molar refractivity (Wildman–Crippen MR) is 189 cm³/mol. The molecule has 11 nitrogen and oxygen atoms in total. The van der Waals surface area contributed by atoms with Gasteiger partial charge in [0.25, 0.3) is 0 Å². The molecular weight excluding hydrogens is 610 g/mol. The topological polar surface area (TPSA) is 121 Å². The molecule has 8 atom stereocenters. The van der Waals surface area contributed by atoms with Gasteiger partial charge in [0.2, 0.25) is 23.6 Å². The van der Waals surface area contributed by atoms with E-state index in [1.165, 1.54) is 0 Å². The van der Waals surface area contributed by atoms with Gasteiger partial charge in [-0.2, -0.15) is 0 Å². The molecule has 0 radical (unpaired) electrons. The molecule has 1 fully saturated rings. The number of hydrogen-bond donors (Lipinski definition) is 2. The molecule has 2 N–H and O–H groups in total. The molecule has 8 unspecified atom stereocenters. The summed E-state index contributed by atoms with van der Waals surface area (Å²) in [7, 11) is 8.58. The van der Waals surface area contributed by atoms with Gasteiger partial charge in [-0.1, -0.05) is 71.4 Å². The van der Waals surface area contributed by atoms with Crippen molar-refractivity contribution in [3.63, 3.8) is 0 Å². The number of likely N-dealkylation sites (N-methyl/N-ethyl adjacent to an activating group) is 2. The predicted octanol–water partition coefficient (Wildman–Crippen LogP) is 3.36. The van der Waals surface area contributed by atoms with Gasteiger partial charge in [-0.25, -0.2) is 0 Å². The van der Waals surface area contributed by atoms with Gasteiger partial charge in [0.1, 0.15) is 0 Å². The van der Waals surface area contributed by atoms with Gasteiger partial charge in [0, 0.05) is 33.9 Å². The van der Waals surface area contributed by atoms with Crippen LogP contribution in [0.1, 0.15) is 72.8 Å². The van der Waals surface area contributed by atoms with Crippen LogP contribution in [0.5, 0.6) is 0 Å². The van der Waals surface area contributed by atoms with Crippen molar-refractivity contribution >= 4 is 23.6 Å². The maximum atomic E-state index is 14.0. The Bertz CT molecular complexity index is 1160. The molecule has 48 heavy (non-hydrogen) atoms. The standard InChI is InChI=1S/C37H63N5O6/c1-12-25(4)34(41(9)32(44)23-38-37(46)33(24(2)3)40(7)8)30(47-10)22-31(43)42-20-16-19-29(42)35(48-11)27(6)36(45)39-26(5)21-28-17-14-13-15-18-28/h13-15,17-18,24-27,29-30,33-35H,12,16,19-23H2,1-11H3,(H,38,46)(H,39,45). The van der Waals surface area contributed by atoms with Crippen LogP contribution in [-0.2, 0) is 35.1 Å². The summed E-state index contributed by atoms with van der Waals surface area (Å²) in [6.45, 7) is 12.3. The summed E-state index contributed by atoms with van der Waals surface area (Å²) in [5, 5.41) is 5.95. The number of likely N-dealkylation sites (tertiary alicyclic amines) is 1. The highest BCUT2D eigenvalue weighted by Gasteiger charge is 2.42. The second kappa shape index (κ2) is 19.8. The Morgan fingerprint density at radius 3 is 2.15 bits per heavy atom. The maximum absolute atomic E-state index is 14.0. The van der Waals surface area contributed by atoms with Crippen LogP contribution in [-0.4, -0.2) is 123 Å². The second-order valence-corrected chi connectivity index (χ2v) is 14.1. The summed E-state index contributed by atoms with van der Waals surface area (Å²) >= 11 is 0. The fourth-order valence-corrected chi connectivity index (χ4v) is 7.24. The van der Waals surface area contributed by atoms with Gasteiger partial charge in [0.15, 0.2) is 0 Å². The number of amides is 4. The number of carbonyl (C=O) groups is 4. The van der Waals surface area contributed by atoms with Gasteiger partial charge in [-0.15, -0.1) is 0 Å². The molecule has 1 aliphatic rings. The highest BCUT2D eigenvalue weighted by atomic mass is 16.5. The fraction of sp³-hybridized carbons (Fsp3) is 0.730. The van der Waals surface area contributed by atoms with Crippen molar-refractivity contribution in [3.8, 4) is 0 Å². The Morgan fingerprint density at radius 1 is 0.958 bits per heavy atom. The first-order valence-electron chi connectivity index (χ1n) is 17.6. The van der Waals surface area contributed by atoms with Crippen molar-refractivity contribution in [1.82, 2.24) is 25.3 Å². The Labute approximate surface area is 289 Å². The van der Waals surface area contributed by atoms with E-state index in [2.05, 4.69) is 10.6 Å². The van der Waals surface area contributed by atoms with E-state index in [1.54, 1.807) is 26.2 Å². The number of nitrogens with zero attached hydrogens (tertiary/aromatic N) is 3. The number of methoxy groups -OCH3 is 2. The SMILES string of the molecule is CCC(C)C(C(CC(=O)N1CCCC1C(OC)C(C)C(=O)NC(C)Cc1ccccc1)OC)N(C)C(=O)CNC(=O)C(C(C)C)N(C)C. The summed E-state index contributed by atoms with van der Waals surface area (Å²) in [5.74, 6) is -1.00. The average molecular weight is 674 g/mol. The van der Waals surface area contributed by atoms with Crippen molar-refractivity contribution in [1.29, 1.82) is 0 Å². The van der Waals surface area contributed by atoms with E-state index in [-0.39, 0.29) is 66.6 Å². The lowest BCUT2D eigenvalue weighted by atomic mass is 9.90. The molecule has 11 heteroatoms. The quantitative estimate of drug-likeness (QED) is 0.231. The van der Waals surface area contributed by atoms with Gasteiger partial charge in [-0.3, -0.25) is 24.1 Å². The Morgan fingerprint density at radius 2 is 1.60 bits per heavy atom. The molecule has 1 aromatic rings. The largest absolute Gasteiger partial charge is 0.379 e. The van der Waals surface area contributed by atoms with Crippen LogP contribution in [0.3, 0.4) is 0 Å². The van der Waals surface area contributed by atoms with E-state index in [1.807, 2.05) is 95.8 Å². The van der Waals surface area contributed by atoms with Gasteiger partial charge in [-0.05, 0) is 57.7 Å². The summed E-state index contributed by atoms with van der Waals surface area (Å²) in [6.07, 6.45) is 2.07. The zero-order valence-corrected chi connectivity index (χ0v) is 31.3. The third-order valence-corrected chi connectivity index (χ3v) is 9.95. The first-order valence-corrected chi connectivity index (χ1v) is 17.6.